The Kier molecular flexibility index (Phi) is 3.06. The molecule has 0 spiro atoms. The van der Waals surface area contributed by atoms with E-state index in [1.54, 1.807) is 0 Å². The molecular formula is C11H14ClNO. The minimum absolute atomic E-state index is 0.286. The van der Waals surface area contributed by atoms with Crippen molar-refractivity contribution >= 4 is 11.6 Å². The molecule has 0 aromatic heterocycles. The van der Waals surface area contributed by atoms with E-state index in [0.29, 0.717) is 0 Å². The van der Waals surface area contributed by atoms with E-state index in [4.69, 9.17) is 11.6 Å². The lowest BCUT2D eigenvalue weighted by molar-refractivity contribution is 0.0328. The van der Waals surface area contributed by atoms with Gasteiger partial charge in [-0.25, -0.2) is 0 Å². The quantitative estimate of drug-likeness (QED) is 0.811. The van der Waals surface area contributed by atoms with Gasteiger partial charge in [-0.05, 0) is 24.5 Å². The topological polar surface area (TPSA) is 23.5 Å². The normalized spacial score (nSPS) is 22.9. The monoisotopic (exact) mass is 211 g/mol. The van der Waals surface area contributed by atoms with Crippen LogP contribution in [0.3, 0.4) is 0 Å². The van der Waals surface area contributed by atoms with Crippen molar-refractivity contribution in [1.29, 1.82) is 0 Å². The lowest BCUT2D eigenvalue weighted by atomic mass is 10.2. The van der Waals surface area contributed by atoms with E-state index >= 15 is 0 Å². The van der Waals surface area contributed by atoms with Gasteiger partial charge in [0.2, 0.25) is 0 Å². The zero-order chi connectivity index (χ0) is 9.97. The molecule has 1 saturated heterocycles. The van der Waals surface area contributed by atoms with Crippen LogP contribution in [0.4, 0.5) is 0 Å². The number of benzene rings is 1. The molecule has 0 aliphatic carbocycles. The molecular weight excluding hydrogens is 198 g/mol. The minimum atomic E-state index is -0.286. The third kappa shape index (κ3) is 2.08. The number of hydrogen-bond acceptors (Lipinski definition) is 2. The van der Waals surface area contributed by atoms with Crippen LogP contribution >= 0.6 is 11.6 Å². The summed E-state index contributed by atoms with van der Waals surface area (Å²) >= 11 is 6.04. The van der Waals surface area contributed by atoms with Crippen molar-refractivity contribution < 1.29 is 5.11 Å². The number of aliphatic hydroxyl groups excluding tert-OH is 1. The number of halogens is 1. The van der Waals surface area contributed by atoms with E-state index in [2.05, 4.69) is 4.90 Å². The molecule has 1 heterocycles. The smallest absolute Gasteiger partial charge is 0.107 e. The molecule has 1 aromatic rings. The first-order valence-corrected chi connectivity index (χ1v) is 5.30. The lowest BCUT2D eigenvalue weighted by Gasteiger charge is -2.20. The summed E-state index contributed by atoms with van der Waals surface area (Å²) in [6.07, 6.45) is 1.67. The SMILES string of the molecule is OC1CCCN1Cc1ccccc1Cl. The van der Waals surface area contributed by atoms with E-state index < -0.39 is 0 Å². The first-order chi connectivity index (χ1) is 6.77. The lowest BCUT2D eigenvalue weighted by Crippen LogP contribution is -2.28. The fourth-order valence-corrected chi connectivity index (χ4v) is 2.03. The summed E-state index contributed by atoms with van der Waals surface area (Å²) in [7, 11) is 0. The molecule has 1 aliphatic rings. The van der Waals surface area contributed by atoms with Crippen molar-refractivity contribution in [3.05, 3.63) is 34.9 Å². The third-order valence-electron chi connectivity index (χ3n) is 2.66. The Morgan fingerprint density at radius 3 is 2.86 bits per heavy atom. The van der Waals surface area contributed by atoms with Gasteiger partial charge in [-0.15, -0.1) is 0 Å². The molecule has 3 heteroatoms. The molecule has 1 fully saturated rings. The Labute approximate surface area is 89.1 Å². The third-order valence-corrected chi connectivity index (χ3v) is 3.03. The van der Waals surface area contributed by atoms with Crippen LogP contribution < -0.4 is 0 Å². The average Bonchev–Trinajstić information content (AvgIpc) is 2.56. The fraction of sp³-hybridized carbons (Fsp3) is 0.455. The maximum Gasteiger partial charge on any atom is 0.107 e. The van der Waals surface area contributed by atoms with E-state index in [0.717, 1.165) is 36.5 Å². The van der Waals surface area contributed by atoms with Crippen molar-refractivity contribution in [2.45, 2.75) is 25.6 Å². The van der Waals surface area contributed by atoms with Crippen molar-refractivity contribution in [2.75, 3.05) is 6.54 Å². The van der Waals surface area contributed by atoms with Gasteiger partial charge in [0.1, 0.15) is 6.23 Å². The molecule has 0 saturated carbocycles. The fourth-order valence-electron chi connectivity index (χ4n) is 1.84. The number of nitrogens with zero attached hydrogens (tertiary/aromatic N) is 1. The number of aliphatic hydroxyl groups is 1. The van der Waals surface area contributed by atoms with Crippen LogP contribution in [0.1, 0.15) is 18.4 Å². The molecule has 1 unspecified atom stereocenters. The summed E-state index contributed by atoms with van der Waals surface area (Å²) in [6.45, 7) is 1.72. The number of likely N-dealkylation sites (tertiary alicyclic amines) is 1. The highest BCUT2D eigenvalue weighted by Crippen LogP contribution is 2.22. The molecule has 2 rings (SSSR count). The van der Waals surface area contributed by atoms with E-state index in [-0.39, 0.29) is 6.23 Å². The predicted octanol–water partition coefficient (Wildman–Crippen LogP) is 2.25. The molecule has 0 radical (unpaired) electrons. The minimum Gasteiger partial charge on any atom is -0.378 e. The van der Waals surface area contributed by atoms with Crippen molar-refractivity contribution in [3.8, 4) is 0 Å². The largest absolute Gasteiger partial charge is 0.378 e. The first-order valence-electron chi connectivity index (χ1n) is 4.93. The van der Waals surface area contributed by atoms with Gasteiger partial charge in [-0.3, -0.25) is 4.90 Å². The van der Waals surface area contributed by atoms with Crippen LogP contribution in [0.25, 0.3) is 0 Å². The van der Waals surface area contributed by atoms with Crippen LogP contribution in [0.2, 0.25) is 5.02 Å². The summed E-state index contributed by atoms with van der Waals surface area (Å²) < 4.78 is 0. The molecule has 1 aromatic carbocycles. The van der Waals surface area contributed by atoms with Gasteiger partial charge < -0.3 is 5.11 Å². The second-order valence-electron chi connectivity index (χ2n) is 3.68. The Balaban J connectivity index is 2.07. The summed E-state index contributed by atoms with van der Waals surface area (Å²) in [6, 6.07) is 7.79. The highest BCUT2D eigenvalue weighted by molar-refractivity contribution is 6.31. The van der Waals surface area contributed by atoms with Crippen molar-refractivity contribution in [1.82, 2.24) is 4.90 Å². The second kappa shape index (κ2) is 4.30. The molecule has 0 amide bonds. The molecule has 1 aliphatic heterocycles. The molecule has 1 atom stereocenters. The zero-order valence-corrected chi connectivity index (χ0v) is 8.74. The van der Waals surface area contributed by atoms with E-state index in [1.807, 2.05) is 24.3 Å². The molecule has 0 bridgehead atoms. The number of hydrogen-bond donors (Lipinski definition) is 1. The zero-order valence-electron chi connectivity index (χ0n) is 7.99. The van der Waals surface area contributed by atoms with Crippen LogP contribution in [-0.4, -0.2) is 22.8 Å². The van der Waals surface area contributed by atoms with Crippen LogP contribution in [0.5, 0.6) is 0 Å². The summed E-state index contributed by atoms with van der Waals surface area (Å²) in [4.78, 5) is 2.06. The Hall–Kier alpha value is -0.570. The van der Waals surface area contributed by atoms with E-state index in [9.17, 15) is 5.11 Å². The van der Waals surface area contributed by atoms with Gasteiger partial charge in [0.25, 0.3) is 0 Å². The van der Waals surface area contributed by atoms with Gasteiger partial charge in [0.05, 0.1) is 0 Å². The maximum absolute atomic E-state index is 9.62. The summed E-state index contributed by atoms with van der Waals surface area (Å²) in [5.41, 5.74) is 1.09. The van der Waals surface area contributed by atoms with Gasteiger partial charge >= 0.3 is 0 Å². The summed E-state index contributed by atoms with van der Waals surface area (Å²) in [5, 5.41) is 10.4. The van der Waals surface area contributed by atoms with Gasteiger partial charge in [-0.2, -0.15) is 0 Å². The Morgan fingerprint density at radius 2 is 2.21 bits per heavy atom. The standard InChI is InChI=1S/C11H14ClNO/c12-10-5-2-1-4-9(10)8-13-7-3-6-11(13)14/h1-2,4-5,11,14H,3,6-8H2. The first kappa shape index (κ1) is 9.97. The molecule has 76 valence electrons. The number of rotatable bonds is 2. The molecule has 1 N–H and O–H groups in total. The maximum atomic E-state index is 9.62. The second-order valence-corrected chi connectivity index (χ2v) is 4.09. The van der Waals surface area contributed by atoms with Crippen LogP contribution in [0, 0.1) is 0 Å². The Bertz CT molecular complexity index is 316. The predicted molar refractivity (Wildman–Crippen MR) is 57.1 cm³/mol. The van der Waals surface area contributed by atoms with Crippen molar-refractivity contribution in [3.63, 3.8) is 0 Å². The Morgan fingerprint density at radius 1 is 1.43 bits per heavy atom. The highest BCUT2D eigenvalue weighted by atomic mass is 35.5. The van der Waals surface area contributed by atoms with Crippen LogP contribution in [0.15, 0.2) is 24.3 Å². The van der Waals surface area contributed by atoms with E-state index in [1.165, 1.54) is 0 Å². The summed E-state index contributed by atoms with van der Waals surface area (Å²) in [5.74, 6) is 0. The average molecular weight is 212 g/mol. The highest BCUT2D eigenvalue weighted by Gasteiger charge is 2.22. The van der Waals surface area contributed by atoms with Gasteiger partial charge in [0, 0.05) is 18.1 Å². The molecule has 14 heavy (non-hydrogen) atoms. The van der Waals surface area contributed by atoms with Gasteiger partial charge in [-0.1, -0.05) is 29.8 Å². The van der Waals surface area contributed by atoms with Crippen LogP contribution in [-0.2, 0) is 6.54 Å². The van der Waals surface area contributed by atoms with Crippen molar-refractivity contribution in [2.24, 2.45) is 0 Å². The molecule has 2 nitrogen and oxygen atoms in total. The van der Waals surface area contributed by atoms with Gasteiger partial charge in [0.15, 0.2) is 0 Å².